The van der Waals surface area contributed by atoms with Crippen LogP contribution in [0.2, 0.25) is 5.02 Å². The summed E-state index contributed by atoms with van der Waals surface area (Å²) in [5.74, 6) is -7.10. The van der Waals surface area contributed by atoms with Crippen molar-refractivity contribution in [3.63, 3.8) is 0 Å². The molecular formula is C41H43ClFN5O16S. The first-order chi connectivity index (χ1) is 30.6. The number of carboxylic acid groups (broad SMARTS) is 4. The molecule has 24 heteroatoms. The molecule has 2 aromatic heterocycles. The summed E-state index contributed by atoms with van der Waals surface area (Å²) in [5, 5.41) is 75.4. The van der Waals surface area contributed by atoms with Crippen LogP contribution in [0.4, 0.5) is 4.39 Å². The molecule has 3 aromatic carbocycles. The predicted octanol–water partition coefficient (Wildman–Crippen LogP) is 0.713. The fraction of sp³-hybridized carbons (Fsp3) is 0.244. The molecule has 348 valence electrons. The molecule has 1 amide bonds. The quantitative estimate of drug-likeness (QED) is 0.0481. The lowest BCUT2D eigenvalue weighted by molar-refractivity contribution is -0.165. The van der Waals surface area contributed by atoms with Crippen LogP contribution in [0, 0.1) is 5.82 Å². The van der Waals surface area contributed by atoms with Gasteiger partial charge in [0.05, 0.1) is 6.33 Å². The number of nitrogens with one attached hydrogen (secondary N) is 1. The van der Waals surface area contributed by atoms with Gasteiger partial charge in [0.25, 0.3) is 11.1 Å². The highest BCUT2D eigenvalue weighted by atomic mass is 35.5. The van der Waals surface area contributed by atoms with E-state index in [-0.39, 0.29) is 36.9 Å². The molecule has 4 unspecified atom stereocenters. The van der Waals surface area contributed by atoms with Crippen LogP contribution in [0.15, 0.2) is 112 Å². The summed E-state index contributed by atoms with van der Waals surface area (Å²) in [6, 6.07) is 23.1. The van der Waals surface area contributed by atoms with E-state index in [0.717, 1.165) is 22.3 Å². The fourth-order valence-corrected chi connectivity index (χ4v) is 5.73. The normalized spacial score (nSPS) is 12.2. The summed E-state index contributed by atoms with van der Waals surface area (Å²) in [6.45, 7) is 0.199. The number of carbonyl (C=O) groups excluding carboxylic acids is 1. The number of H-pyrrole nitrogens is 1. The van der Waals surface area contributed by atoms with Crippen molar-refractivity contribution >= 4 is 53.1 Å². The second-order valence-corrected chi connectivity index (χ2v) is 14.4. The minimum atomic E-state index is -2.27. The van der Waals surface area contributed by atoms with Crippen molar-refractivity contribution in [2.45, 2.75) is 54.8 Å². The minimum absolute atomic E-state index is 0.0170. The van der Waals surface area contributed by atoms with Gasteiger partial charge >= 0.3 is 23.9 Å². The lowest BCUT2D eigenvalue weighted by Crippen LogP contribution is -2.39. The Morgan fingerprint density at radius 3 is 1.65 bits per heavy atom. The van der Waals surface area contributed by atoms with Gasteiger partial charge in [-0.3, -0.25) is 14.4 Å². The lowest BCUT2D eigenvalue weighted by atomic mass is 10.0. The molecule has 4 atom stereocenters. The Morgan fingerprint density at radius 1 is 0.754 bits per heavy atom. The third kappa shape index (κ3) is 19.2. The number of rotatable bonds is 16. The Balaban J connectivity index is 0.000000433. The van der Waals surface area contributed by atoms with Gasteiger partial charge in [0.2, 0.25) is 5.91 Å². The molecule has 5 rings (SSSR count). The summed E-state index contributed by atoms with van der Waals surface area (Å²) >= 11 is 7.27. The minimum Gasteiger partial charge on any atom is -0.479 e. The Hall–Kier alpha value is -6.86. The predicted molar refractivity (Wildman–Crippen MR) is 228 cm³/mol. The van der Waals surface area contributed by atoms with Gasteiger partial charge < -0.3 is 60.4 Å². The molecule has 0 fully saturated rings. The van der Waals surface area contributed by atoms with E-state index in [1.165, 1.54) is 42.5 Å². The van der Waals surface area contributed by atoms with E-state index < -0.39 is 53.9 Å². The maximum absolute atomic E-state index is 13.2. The highest BCUT2D eigenvalue weighted by molar-refractivity contribution is 7.98. The number of thioether (sulfide) groups is 1. The smallest absolute Gasteiger partial charge is 0.335 e. The number of nitrogens with zero attached hydrogens (tertiary/aromatic N) is 4. The van der Waals surface area contributed by atoms with E-state index in [0.29, 0.717) is 28.0 Å². The molecule has 0 bridgehead atoms. The number of aliphatic carboxylic acids is 4. The van der Waals surface area contributed by atoms with E-state index in [1.54, 1.807) is 34.8 Å². The summed E-state index contributed by atoms with van der Waals surface area (Å²) in [4.78, 5) is 86.6. The average Bonchev–Trinajstić information content (AvgIpc) is 3.27. The van der Waals surface area contributed by atoms with Crippen molar-refractivity contribution in [3.8, 4) is 11.1 Å². The number of likely N-dealkylation sites (N-methyl/N-ethyl adjacent to an activating group) is 1. The van der Waals surface area contributed by atoms with Crippen molar-refractivity contribution in [3.05, 3.63) is 146 Å². The largest absolute Gasteiger partial charge is 0.479 e. The van der Waals surface area contributed by atoms with Crippen LogP contribution in [-0.2, 0) is 49.2 Å². The number of amides is 1. The number of carbonyl (C=O) groups is 5. The molecule has 21 nitrogen and oxygen atoms in total. The Bertz CT molecular complexity index is 2370. The zero-order chi connectivity index (χ0) is 48.8. The first-order valence-electron chi connectivity index (χ1n) is 18.4. The number of halogens is 2. The fourth-order valence-electron chi connectivity index (χ4n) is 4.69. The van der Waals surface area contributed by atoms with Gasteiger partial charge in [-0.25, -0.2) is 28.6 Å². The van der Waals surface area contributed by atoms with Crippen LogP contribution < -0.4 is 11.1 Å². The van der Waals surface area contributed by atoms with Crippen LogP contribution in [0.5, 0.6) is 0 Å². The van der Waals surface area contributed by atoms with Gasteiger partial charge in [-0.15, -0.1) is 0 Å². The van der Waals surface area contributed by atoms with Gasteiger partial charge in [-0.05, 0) is 46.5 Å². The van der Waals surface area contributed by atoms with Crippen LogP contribution in [0.1, 0.15) is 16.7 Å². The summed E-state index contributed by atoms with van der Waals surface area (Å²) in [6.07, 6.45) is -4.53. The molecule has 65 heavy (non-hydrogen) atoms. The number of aromatic amines is 1. The molecule has 2 heterocycles. The number of aliphatic hydroxyl groups is 5. The molecular weight excluding hydrogens is 905 g/mol. The van der Waals surface area contributed by atoms with E-state index in [1.807, 2.05) is 48.5 Å². The van der Waals surface area contributed by atoms with E-state index in [2.05, 4.69) is 15.0 Å². The van der Waals surface area contributed by atoms with Crippen molar-refractivity contribution in [1.82, 2.24) is 24.4 Å². The van der Waals surface area contributed by atoms with Gasteiger partial charge in [0, 0.05) is 61.4 Å². The summed E-state index contributed by atoms with van der Waals surface area (Å²) in [5.41, 5.74) is 3.74. The van der Waals surface area contributed by atoms with Crippen LogP contribution in [0.25, 0.3) is 11.1 Å². The number of aromatic nitrogens is 4. The highest BCUT2D eigenvalue weighted by Gasteiger charge is 2.30. The SMILES string of the molecule is CN(Cc1ccc(-c2ccc(Cl)cc2)cc1)C(=O)Cn1cc(CCO)c(=O)nc1SCc1ccc(F)cc1.O=C(O)C(O)C(O)C(=O)O.O=C(O)C(O)C(O)C(=O)O.O=c1ccnc[nH]1. The number of hydrogen-bond acceptors (Lipinski definition) is 15. The third-order valence-electron chi connectivity index (χ3n) is 8.18. The van der Waals surface area contributed by atoms with Gasteiger partial charge in [0.15, 0.2) is 29.6 Å². The molecule has 0 aliphatic heterocycles. The molecule has 0 aliphatic carbocycles. The van der Waals surface area contributed by atoms with Crippen molar-refractivity contribution < 1.29 is 74.3 Å². The first kappa shape index (κ1) is 54.3. The molecule has 10 N–H and O–H groups in total. The summed E-state index contributed by atoms with van der Waals surface area (Å²) in [7, 11) is 1.73. The topological polar surface area (TPSA) is 351 Å². The van der Waals surface area contributed by atoms with E-state index >= 15 is 0 Å². The Labute approximate surface area is 376 Å². The molecule has 0 saturated carbocycles. The number of benzene rings is 3. The van der Waals surface area contributed by atoms with Crippen molar-refractivity contribution in [2.75, 3.05) is 13.7 Å². The molecule has 0 radical (unpaired) electrons. The average molecular weight is 948 g/mol. The van der Waals surface area contributed by atoms with Gasteiger partial charge in [0.1, 0.15) is 12.4 Å². The Kier molecular flexibility index (Phi) is 22.8. The van der Waals surface area contributed by atoms with Gasteiger partial charge in [-0.1, -0.05) is 71.9 Å². The zero-order valence-electron chi connectivity index (χ0n) is 33.9. The van der Waals surface area contributed by atoms with E-state index in [4.69, 9.17) is 52.5 Å². The standard InChI is InChI=1S/C29H27ClFN3O3S.C4H4N2O.2C4H6O6/c1-33(16-20-2-6-22(7-3-20)23-8-10-25(30)11-9-23)27(36)18-34-17-24(14-15-35)28(37)32-29(34)38-19-21-4-12-26(31)13-5-21;7-4-1-2-5-3-6-4;2*5-1(3(7)8)2(6)4(9)10/h2-13,17,35H,14-16,18-19H2,1H3;1-3H,(H,5,6,7);2*1-2,5-6H,(H,7,8)(H,9,10). The Morgan fingerprint density at radius 2 is 1.23 bits per heavy atom. The zero-order valence-corrected chi connectivity index (χ0v) is 35.5. The first-order valence-corrected chi connectivity index (χ1v) is 19.8. The van der Waals surface area contributed by atoms with E-state index in [9.17, 15) is 43.1 Å². The number of aliphatic hydroxyl groups excluding tert-OH is 5. The second-order valence-electron chi connectivity index (χ2n) is 13.1. The monoisotopic (exact) mass is 947 g/mol. The molecule has 0 aliphatic rings. The third-order valence-corrected chi connectivity index (χ3v) is 9.49. The van der Waals surface area contributed by atoms with Crippen LogP contribution in [-0.4, -0.2) is 138 Å². The molecule has 0 spiro atoms. The van der Waals surface area contributed by atoms with Crippen molar-refractivity contribution in [1.29, 1.82) is 0 Å². The maximum Gasteiger partial charge on any atom is 0.335 e. The lowest BCUT2D eigenvalue weighted by Gasteiger charge is -2.20. The molecule has 5 aromatic rings. The second kappa shape index (κ2) is 27.4. The van der Waals surface area contributed by atoms with Crippen LogP contribution in [0.3, 0.4) is 0 Å². The maximum atomic E-state index is 13.2. The van der Waals surface area contributed by atoms with Gasteiger partial charge in [-0.2, -0.15) is 4.98 Å². The number of carboxylic acids is 4. The highest BCUT2D eigenvalue weighted by Crippen LogP contribution is 2.23. The van der Waals surface area contributed by atoms with Crippen LogP contribution >= 0.6 is 23.4 Å². The van der Waals surface area contributed by atoms with Crippen molar-refractivity contribution in [2.24, 2.45) is 0 Å². The molecule has 0 saturated heterocycles. The summed E-state index contributed by atoms with van der Waals surface area (Å²) < 4.78 is 14.9. The number of hydrogen-bond donors (Lipinski definition) is 10.